The molecule has 0 saturated carbocycles. The van der Waals surface area contributed by atoms with Crippen LogP contribution in [0.3, 0.4) is 0 Å². The third-order valence-corrected chi connectivity index (χ3v) is 2.61. The summed E-state index contributed by atoms with van der Waals surface area (Å²) in [5.41, 5.74) is 0. The molecule has 1 aliphatic rings. The summed E-state index contributed by atoms with van der Waals surface area (Å²) in [5.74, 6) is 0.214. The summed E-state index contributed by atoms with van der Waals surface area (Å²) in [6.45, 7) is 2.96. The van der Waals surface area contributed by atoms with Crippen LogP contribution in [-0.2, 0) is 4.79 Å². The molecule has 14 heavy (non-hydrogen) atoms. The summed E-state index contributed by atoms with van der Waals surface area (Å²) in [5, 5.41) is 6.32. The number of hydrogen-bond donors (Lipinski definition) is 2. The highest BCUT2D eigenvalue weighted by Gasteiger charge is 2.00. The number of nitrogens with one attached hydrogen (secondary N) is 2. The molecule has 1 heterocycles. The number of amides is 1. The van der Waals surface area contributed by atoms with Gasteiger partial charge in [-0.2, -0.15) is 0 Å². The third-order valence-electron chi connectivity index (χ3n) is 2.61. The molecule has 0 aromatic carbocycles. The molecule has 0 aromatic heterocycles. The first-order valence-electron chi connectivity index (χ1n) is 5.87. The number of carbonyl (C=O) groups excluding carboxylic acids is 1. The van der Waals surface area contributed by atoms with Crippen molar-refractivity contribution < 1.29 is 4.79 Å². The molecular weight excluding hydrogens is 176 g/mol. The van der Waals surface area contributed by atoms with Gasteiger partial charge in [0.2, 0.25) is 5.91 Å². The van der Waals surface area contributed by atoms with Gasteiger partial charge in [0, 0.05) is 13.0 Å². The highest BCUT2D eigenvalue weighted by molar-refractivity contribution is 5.75. The van der Waals surface area contributed by atoms with Gasteiger partial charge in [0.1, 0.15) is 0 Å². The minimum Gasteiger partial charge on any atom is -0.356 e. The Hall–Kier alpha value is -0.570. The van der Waals surface area contributed by atoms with Crippen LogP contribution in [0.5, 0.6) is 0 Å². The van der Waals surface area contributed by atoms with Crippen LogP contribution in [0.2, 0.25) is 0 Å². The molecular formula is C11H22N2O. The molecule has 0 spiro atoms. The van der Waals surface area contributed by atoms with E-state index in [4.69, 9.17) is 0 Å². The molecule has 82 valence electrons. The van der Waals surface area contributed by atoms with E-state index < -0.39 is 0 Å². The topological polar surface area (TPSA) is 41.1 Å². The molecule has 0 atom stereocenters. The summed E-state index contributed by atoms with van der Waals surface area (Å²) >= 11 is 0. The average molecular weight is 198 g/mol. The first-order chi connectivity index (χ1) is 6.89. The molecule has 0 radical (unpaired) electrons. The lowest BCUT2D eigenvalue weighted by Crippen LogP contribution is -2.25. The molecule has 0 aliphatic carbocycles. The molecule has 0 bridgehead atoms. The van der Waals surface area contributed by atoms with E-state index in [2.05, 4.69) is 10.6 Å². The van der Waals surface area contributed by atoms with Gasteiger partial charge >= 0.3 is 0 Å². The van der Waals surface area contributed by atoms with Gasteiger partial charge in [-0.05, 0) is 32.4 Å². The zero-order valence-electron chi connectivity index (χ0n) is 8.98. The van der Waals surface area contributed by atoms with Crippen molar-refractivity contribution in [3.63, 3.8) is 0 Å². The Balaban J connectivity index is 2.15. The van der Waals surface area contributed by atoms with E-state index in [9.17, 15) is 4.79 Å². The Kier molecular flexibility index (Phi) is 6.41. The van der Waals surface area contributed by atoms with Crippen molar-refractivity contribution in [1.82, 2.24) is 10.6 Å². The Labute approximate surface area is 86.6 Å². The highest BCUT2D eigenvalue weighted by Crippen LogP contribution is 2.02. The van der Waals surface area contributed by atoms with Gasteiger partial charge in [-0.25, -0.2) is 0 Å². The maximum Gasteiger partial charge on any atom is 0.220 e. The molecule has 1 amide bonds. The summed E-state index contributed by atoms with van der Waals surface area (Å²) in [6, 6.07) is 0. The molecule has 1 rings (SSSR count). The monoisotopic (exact) mass is 198 g/mol. The van der Waals surface area contributed by atoms with Gasteiger partial charge in [0.25, 0.3) is 0 Å². The number of carbonyl (C=O) groups is 1. The molecule has 1 saturated heterocycles. The van der Waals surface area contributed by atoms with Crippen LogP contribution in [-0.4, -0.2) is 25.5 Å². The van der Waals surface area contributed by atoms with Crippen LogP contribution >= 0.6 is 0 Å². The van der Waals surface area contributed by atoms with Crippen molar-refractivity contribution in [3.8, 4) is 0 Å². The normalized spacial score (nSPS) is 22.7. The van der Waals surface area contributed by atoms with E-state index in [1.807, 2.05) is 0 Å². The van der Waals surface area contributed by atoms with Crippen LogP contribution in [0.25, 0.3) is 0 Å². The van der Waals surface area contributed by atoms with Gasteiger partial charge in [0.05, 0.1) is 0 Å². The lowest BCUT2D eigenvalue weighted by molar-refractivity contribution is -0.121. The van der Waals surface area contributed by atoms with Gasteiger partial charge in [-0.1, -0.05) is 19.3 Å². The van der Waals surface area contributed by atoms with Gasteiger partial charge in [-0.3, -0.25) is 4.79 Å². The van der Waals surface area contributed by atoms with E-state index in [0.717, 1.165) is 32.5 Å². The summed E-state index contributed by atoms with van der Waals surface area (Å²) in [7, 11) is 0. The first kappa shape index (κ1) is 11.5. The zero-order chi connectivity index (χ0) is 10.1. The molecule has 0 aromatic rings. The minimum atomic E-state index is 0.214. The molecule has 1 aliphatic heterocycles. The lowest BCUT2D eigenvalue weighted by atomic mass is 10.1. The maximum atomic E-state index is 11.2. The predicted octanol–water partition coefficient (Wildman–Crippen LogP) is 1.44. The lowest BCUT2D eigenvalue weighted by Gasteiger charge is -2.04. The van der Waals surface area contributed by atoms with E-state index >= 15 is 0 Å². The van der Waals surface area contributed by atoms with Crippen LogP contribution in [0.15, 0.2) is 0 Å². The summed E-state index contributed by atoms with van der Waals surface area (Å²) in [4.78, 5) is 11.2. The van der Waals surface area contributed by atoms with Crippen molar-refractivity contribution in [3.05, 3.63) is 0 Å². The van der Waals surface area contributed by atoms with E-state index in [0.29, 0.717) is 6.42 Å². The van der Waals surface area contributed by atoms with Crippen LogP contribution in [0.1, 0.15) is 44.9 Å². The van der Waals surface area contributed by atoms with Crippen LogP contribution in [0, 0.1) is 0 Å². The van der Waals surface area contributed by atoms with Crippen LogP contribution in [0.4, 0.5) is 0 Å². The number of hydrogen-bond acceptors (Lipinski definition) is 2. The minimum absolute atomic E-state index is 0.214. The Morgan fingerprint density at radius 2 is 1.43 bits per heavy atom. The summed E-state index contributed by atoms with van der Waals surface area (Å²) < 4.78 is 0. The Bertz CT molecular complexity index is 143. The molecule has 2 N–H and O–H groups in total. The molecule has 3 nitrogen and oxygen atoms in total. The SMILES string of the molecule is O=C1CCCNCCCCCCCN1. The van der Waals surface area contributed by atoms with Crippen LogP contribution < -0.4 is 10.6 Å². The van der Waals surface area contributed by atoms with Crippen molar-refractivity contribution in [2.75, 3.05) is 19.6 Å². The van der Waals surface area contributed by atoms with E-state index in [1.54, 1.807) is 0 Å². The molecule has 3 heteroatoms. The highest BCUT2D eigenvalue weighted by atomic mass is 16.1. The van der Waals surface area contributed by atoms with Crippen molar-refractivity contribution >= 4 is 5.91 Å². The second-order valence-corrected chi connectivity index (χ2v) is 3.97. The van der Waals surface area contributed by atoms with E-state index in [-0.39, 0.29) is 5.91 Å². The van der Waals surface area contributed by atoms with Crippen molar-refractivity contribution in [2.24, 2.45) is 0 Å². The van der Waals surface area contributed by atoms with Crippen molar-refractivity contribution in [1.29, 1.82) is 0 Å². The van der Waals surface area contributed by atoms with Gasteiger partial charge in [0.15, 0.2) is 0 Å². The maximum absolute atomic E-state index is 11.2. The third kappa shape index (κ3) is 5.97. The summed E-state index contributed by atoms with van der Waals surface area (Å²) in [6.07, 6.45) is 7.93. The second kappa shape index (κ2) is 7.80. The Morgan fingerprint density at radius 3 is 2.29 bits per heavy atom. The number of rotatable bonds is 0. The fourth-order valence-electron chi connectivity index (χ4n) is 1.72. The smallest absolute Gasteiger partial charge is 0.220 e. The zero-order valence-corrected chi connectivity index (χ0v) is 8.98. The fraction of sp³-hybridized carbons (Fsp3) is 0.909. The fourth-order valence-corrected chi connectivity index (χ4v) is 1.72. The van der Waals surface area contributed by atoms with Gasteiger partial charge in [-0.15, -0.1) is 0 Å². The molecule has 1 fully saturated rings. The quantitative estimate of drug-likeness (QED) is 0.618. The standard InChI is InChI=1S/C11H22N2O/c14-11-7-6-9-12-8-4-2-1-3-5-10-13-11/h12H,1-10H2,(H,13,14). The largest absolute Gasteiger partial charge is 0.356 e. The van der Waals surface area contributed by atoms with Gasteiger partial charge < -0.3 is 10.6 Å². The predicted molar refractivity (Wildman–Crippen MR) is 58.2 cm³/mol. The second-order valence-electron chi connectivity index (χ2n) is 3.97. The first-order valence-corrected chi connectivity index (χ1v) is 5.87. The Morgan fingerprint density at radius 1 is 0.786 bits per heavy atom. The average Bonchev–Trinajstić information content (AvgIpc) is 2.20. The van der Waals surface area contributed by atoms with Crippen molar-refractivity contribution in [2.45, 2.75) is 44.9 Å². The molecule has 0 unspecified atom stereocenters. The van der Waals surface area contributed by atoms with E-state index in [1.165, 1.54) is 25.7 Å².